The maximum atomic E-state index is 13.8. The Balaban J connectivity index is 2.08. The lowest BCUT2D eigenvalue weighted by Crippen LogP contribution is -2.29. The SMILES string of the molecule is CCNCc1cccc(F)c1OC1CCCOC1. The van der Waals surface area contributed by atoms with Gasteiger partial charge in [-0.1, -0.05) is 19.1 Å². The predicted molar refractivity (Wildman–Crippen MR) is 68.2 cm³/mol. The fourth-order valence-corrected chi connectivity index (χ4v) is 2.06. The van der Waals surface area contributed by atoms with Crippen LogP contribution < -0.4 is 10.1 Å². The van der Waals surface area contributed by atoms with E-state index >= 15 is 0 Å². The Hall–Kier alpha value is -1.13. The van der Waals surface area contributed by atoms with Crippen molar-refractivity contribution in [2.75, 3.05) is 19.8 Å². The molecular formula is C14H20FNO2. The van der Waals surface area contributed by atoms with E-state index in [0.717, 1.165) is 31.6 Å². The van der Waals surface area contributed by atoms with Gasteiger partial charge in [0.15, 0.2) is 11.6 Å². The van der Waals surface area contributed by atoms with Crippen LogP contribution in [0.15, 0.2) is 18.2 Å². The fraction of sp³-hybridized carbons (Fsp3) is 0.571. The average Bonchev–Trinajstić information content (AvgIpc) is 2.41. The number of ether oxygens (including phenoxy) is 2. The summed E-state index contributed by atoms with van der Waals surface area (Å²) in [6.45, 7) is 4.82. The Kier molecular flexibility index (Phi) is 4.96. The first kappa shape index (κ1) is 13.3. The fourth-order valence-electron chi connectivity index (χ4n) is 2.06. The minimum Gasteiger partial charge on any atom is -0.485 e. The van der Waals surface area contributed by atoms with Crippen LogP contribution in [-0.4, -0.2) is 25.9 Å². The van der Waals surface area contributed by atoms with Gasteiger partial charge in [0.05, 0.1) is 6.61 Å². The molecule has 1 aromatic rings. The van der Waals surface area contributed by atoms with Crippen molar-refractivity contribution < 1.29 is 13.9 Å². The molecule has 1 aromatic carbocycles. The summed E-state index contributed by atoms with van der Waals surface area (Å²) in [7, 11) is 0. The second-order valence-corrected chi connectivity index (χ2v) is 4.47. The van der Waals surface area contributed by atoms with Gasteiger partial charge in [-0.3, -0.25) is 0 Å². The lowest BCUT2D eigenvalue weighted by Gasteiger charge is -2.24. The lowest BCUT2D eigenvalue weighted by atomic mass is 10.1. The van der Waals surface area contributed by atoms with Crippen molar-refractivity contribution in [1.82, 2.24) is 5.32 Å². The van der Waals surface area contributed by atoms with Gasteiger partial charge in [-0.15, -0.1) is 0 Å². The molecule has 1 saturated heterocycles. The molecule has 100 valence electrons. The van der Waals surface area contributed by atoms with Crippen LogP contribution in [0.2, 0.25) is 0 Å². The van der Waals surface area contributed by atoms with E-state index in [1.807, 2.05) is 13.0 Å². The van der Waals surface area contributed by atoms with Gasteiger partial charge in [-0.05, 0) is 25.5 Å². The molecule has 18 heavy (non-hydrogen) atoms. The Labute approximate surface area is 107 Å². The van der Waals surface area contributed by atoms with Crippen LogP contribution in [0.3, 0.4) is 0 Å². The Morgan fingerprint density at radius 2 is 2.39 bits per heavy atom. The van der Waals surface area contributed by atoms with Crippen molar-refractivity contribution in [3.63, 3.8) is 0 Å². The van der Waals surface area contributed by atoms with Crippen LogP contribution in [-0.2, 0) is 11.3 Å². The molecule has 1 N–H and O–H groups in total. The number of halogens is 1. The maximum Gasteiger partial charge on any atom is 0.165 e. The van der Waals surface area contributed by atoms with Crippen molar-refractivity contribution >= 4 is 0 Å². The molecule has 1 aliphatic heterocycles. The van der Waals surface area contributed by atoms with Gasteiger partial charge >= 0.3 is 0 Å². The van der Waals surface area contributed by atoms with E-state index < -0.39 is 0 Å². The van der Waals surface area contributed by atoms with Gasteiger partial charge in [-0.25, -0.2) is 4.39 Å². The van der Waals surface area contributed by atoms with Crippen LogP contribution >= 0.6 is 0 Å². The summed E-state index contributed by atoms with van der Waals surface area (Å²) in [6.07, 6.45) is 1.87. The molecule has 1 unspecified atom stereocenters. The molecule has 1 atom stereocenters. The van der Waals surface area contributed by atoms with Gasteiger partial charge in [0, 0.05) is 18.7 Å². The quantitative estimate of drug-likeness (QED) is 0.874. The number of benzene rings is 1. The topological polar surface area (TPSA) is 30.5 Å². The summed E-state index contributed by atoms with van der Waals surface area (Å²) in [5.74, 6) is 0.0740. The number of hydrogen-bond donors (Lipinski definition) is 1. The highest BCUT2D eigenvalue weighted by atomic mass is 19.1. The van der Waals surface area contributed by atoms with Gasteiger partial charge in [-0.2, -0.15) is 0 Å². The monoisotopic (exact) mass is 253 g/mol. The van der Waals surface area contributed by atoms with Crippen LogP contribution in [0.25, 0.3) is 0 Å². The molecule has 1 fully saturated rings. The normalized spacial score (nSPS) is 19.8. The Morgan fingerprint density at radius 3 is 3.11 bits per heavy atom. The van der Waals surface area contributed by atoms with E-state index in [9.17, 15) is 4.39 Å². The van der Waals surface area contributed by atoms with E-state index in [2.05, 4.69) is 5.32 Å². The molecule has 1 heterocycles. The molecule has 3 nitrogen and oxygen atoms in total. The van der Waals surface area contributed by atoms with E-state index in [1.165, 1.54) is 6.07 Å². The second kappa shape index (κ2) is 6.71. The summed E-state index contributed by atoms with van der Waals surface area (Å²) in [6, 6.07) is 5.05. The zero-order chi connectivity index (χ0) is 12.8. The Bertz CT molecular complexity index is 378. The van der Waals surface area contributed by atoms with E-state index in [-0.39, 0.29) is 11.9 Å². The second-order valence-electron chi connectivity index (χ2n) is 4.47. The van der Waals surface area contributed by atoms with Gasteiger partial charge in [0.2, 0.25) is 0 Å². The standard InChI is InChI=1S/C14H20FNO2/c1-2-16-9-11-5-3-7-13(15)14(11)18-12-6-4-8-17-10-12/h3,5,7,12,16H,2,4,6,8-10H2,1H3. The molecule has 4 heteroatoms. The van der Waals surface area contributed by atoms with Crippen molar-refractivity contribution in [3.05, 3.63) is 29.6 Å². The van der Waals surface area contributed by atoms with Gasteiger partial charge in [0.25, 0.3) is 0 Å². The lowest BCUT2D eigenvalue weighted by molar-refractivity contribution is 0.00542. The molecule has 0 radical (unpaired) electrons. The van der Waals surface area contributed by atoms with Crippen LogP contribution in [0.4, 0.5) is 4.39 Å². The van der Waals surface area contributed by atoms with Crippen LogP contribution in [0, 0.1) is 5.82 Å². The summed E-state index contributed by atoms with van der Waals surface area (Å²) in [5, 5.41) is 3.19. The van der Waals surface area contributed by atoms with Crippen molar-refractivity contribution in [2.24, 2.45) is 0 Å². The van der Waals surface area contributed by atoms with Crippen molar-refractivity contribution in [2.45, 2.75) is 32.4 Å². The van der Waals surface area contributed by atoms with Crippen LogP contribution in [0.1, 0.15) is 25.3 Å². The number of nitrogens with one attached hydrogen (secondary N) is 1. The first-order chi connectivity index (χ1) is 8.81. The number of hydrogen-bond acceptors (Lipinski definition) is 3. The third kappa shape index (κ3) is 3.43. The average molecular weight is 253 g/mol. The van der Waals surface area contributed by atoms with Crippen molar-refractivity contribution in [1.29, 1.82) is 0 Å². The summed E-state index contributed by atoms with van der Waals surface area (Å²) >= 11 is 0. The smallest absolute Gasteiger partial charge is 0.165 e. The summed E-state index contributed by atoms with van der Waals surface area (Å²) in [4.78, 5) is 0. The third-order valence-corrected chi connectivity index (χ3v) is 3.02. The molecule has 2 rings (SSSR count). The first-order valence-electron chi connectivity index (χ1n) is 6.53. The van der Waals surface area contributed by atoms with Crippen LogP contribution in [0.5, 0.6) is 5.75 Å². The summed E-state index contributed by atoms with van der Waals surface area (Å²) in [5.41, 5.74) is 0.863. The number of rotatable bonds is 5. The molecule has 1 aliphatic rings. The zero-order valence-corrected chi connectivity index (χ0v) is 10.7. The van der Waals surface area contributed by atoms with Gasteiger partial charge < -0.3 is 14.8 Å². The third-order valence-electron chi connectivity index (χ3n) is 3.02. The van der Waals surface area contributed by atoms with E-state index in [0.29, 0.717) is 18.9 Å². The largest absolute Gasteiger partial charge is 0.485 e. The molecule has 0 spiro atoms. The molecule has 0 aliphatic carbocycles. The highest BCUT2D eigenvalue weighted by Crippen LogP contribution is 2.25. The van der Waals surface area contributed by atoms with E-state index in [4.69, 9.17) is 9.47 Å². The highest BCUT2D eigenvalue weighted by Gasteiger charge is 2.19. The minimum atomic E-state index is -0.295. The number of para-hydroxylation sites is 1. The van der Waals surface area contributed by atoms with Crippen molar-refractivity contribution in [3.8, 4) is 5.75 Å². The molecule has 0 aromatic heterocycles. The van der Waals surface area contributed by atoms with E-state index in [1.54, 1.807) is 6.07 Å². The molecular weight excluding hydrogens is 233 g/mol. The predicted octanol–water partition coefficient (Wildman–Crippen LogP) is 2.49. The first-order valence-corrected chi connectivity index (χ1v) is 6.53. The summed E-state index contributed by atoms with van der Waals surface area (Å²) < 4.78 is 25.0. The Morgan fingerprint density at radius 1 is 1.50 bits per heavy atom. The molecule has 0 amide bonds. The molecule has 0 saturated carbocycles. The minimum absolute atomic E-state index is 0.0315. The highest BCUT2D eigenvalue weighted by molar-refractivity contribution is 5.35. The van der Waals surface area contributed by atoms with Gasteiger partial charge in [0.1, 0.15) is 6.10 Å². The molecule has 0 bridgehead atoms. The maximum absolute atomic E-state index is 13.8. The zero-order valence-electron chi connectivity index (χ0n) is 10.7.